The maximum atomic E-state index is 11.7. The molecule has 0 unspecified atom stereocenters. The monoisotopic (exact) mass is 351 g/mol. The van der Waals surface area contributed by atoms with Gasteiger partial charge in [-0.1, -0.05) is 12.1 Å². The largest absolute Gasteiger partial charge is 0.497 e. The quantitative estimate of drug-likeness (QED) is 0.745. The summed E-state index contributed by atoms with van der Waals surface area (Å²) in [6, 6.07) is 11.1. The van der Waals surface area contributed by atoms with Gasteiger partial charge in [-0.05, 0) is 36.2 Å². The van der Waals surface area contributed by atoms with Gasteiger partial charge in [0.25, 0.3) is 0 Å². The van der Waals surface area contributed by atoms with E-state index in [1.165, 1.54) is 19.7 Å². The Morgan fingerprint density at radius 2 is 1.67 bits per heavy atom. The van der Waals surface area contributed by atoms with E-state index in [0.29, 0.717) is 12.4 Å². The Morgan fingerprint density at radius 1 is 1.04 bits per heavy atom. The van der Waals surface area contributed by atoms with Crippen LogP contribution in [0.15, 0.2) is 36.4 Å². The van der Waals surface area contributed by atoms with Crippen LogP contribution in [0.25, 0.3) is 0 Å². The molecule has 0 radical (unpaired) electrons. The second-order valence-electron chi connectivity index (χ2n) is 5.22. The lowest BCUT2D eigenvalue weighted by Gasteiger charge is -2.12. The third-order valence-electron chi connectivity index (χ3n) is 3.26. The summed E-state index contributed by atoms with van der Waals surface area (Å²) in [6.07, 6.45) is 0.820. The molecule has 2 rings (SSSR count). The fourth-order valence-corrected chi connectivity index (χ4v) is 2.39. The first kappa shape index (κ1) is 18.0. The highest BCUT2D eigenvalue weighted by atomic mass is 32.2. The maximum Gasteiger partial charge on any atom is 0.302 e. The third kappa shape index (κ3) is 5.07. The normalized spacial score (nSPS) is 11.3. The number of rotatable bonds is 8. The maximum absolute atomic E-state index is 11.7. The van der Waals surface area contributed by atoms with Gasteiger partial charge in [0, 0.05) is 20.6 Å². The van der Waals surface area contributed by atoms with Gasteiger partial charge >= 0.3 is 10.2 Å². The van der Waals surface area contributed by atoms with E-state index in [4.69, 9.17) is 4.74 Å². The number of ether oxygens (including phenoxy) is 1. The molecule has 0 spiro atoms. The van der Waals surface area contributed by atoms with E-state index in [2.05, 4.69) is 20.2 Å². The Kier molecular flexibility index (Phi) is 5.93. The Hall–Kier alpha value is -2.39. The van der Waals surface area contributed by atoms with Crippen molar-refractivity contribution in [3.8, 4) is 5.75 Å². The van der Waals surface area contributed by atoms with Crippen molar-refractivity contribution in [3.05, 3.63) is 42.0 Å². The first-order valence-corrected chi connectivity index (χ1v) is 8.75. The topological polar surface area (TPSA) is 96.5 Å². The van der Waals surface area contributed by atoms with E-state index < -0.39 is 10.2 Å². The van der Waals surface area contributed by atoms with E-state index >= 15 is 0 Å². The minimum absolute atomic E-state index is 0.171. The molecule has 0 saturated heterocycles. The Labute approximate surface area is 142 Å². The Balaban J connectivity index is 1.85. The van der Waals surface area contributed by atoms with Gasteiger partial charge in [0.2, 0.25) is 0 Å². The summed E-state index contributed by atoms with van der Waals surface area (Å²) in [5.41, 5.74) is 1.17. The zero-order valence-corrected chi connectivity index (χ0v) is 14.7. The van der Waals surface area contributed by atoms with Crippen LogP contribution in [0.4, 0.5) is 11.6 Å². The summed E-state index contributed by atoms with van der Waals surface area (Å²) >= 11 is 0. The van der Waals surface area contributed by atoms with E-state index in [-0.39, 0.29) is 5.82 Å². The van der Waals surface area contributed by atoms with Gasteiger partial charge in [0.15, 0.2) is 5.82 Å². The molecule has 0 fully saturated rings. The molecule has 0 aliphatic rings. The molecule has 0 aliphatic carbocycles. The summed E-state index contributed by atoms with van der Waals surface area (Å²) in [5.74, 6) is 1.58. The van der Waals surface area contributed by atoms with Crippen LogP contribution in [0.3, 0.4) is 0 Å². The molecule has 2 aromatic rings. The number of hydrogen-bond acceptors (Lipinski definition) is 6. The van der Waals surface area contributed by atoms with Gasteiger partial charge in [-0.15, -0.1) is 10.2 Å². The fourth-order valence-electron chi connectivity index (χ4n) is 1.83. The first-order chi connectivity index (χ1) is 11.4. The number of nitrogens with zero attached hydrogens (tertiary/aromatic N) is 3. The van der Waals surface area contributed by atoms with E-state index in [1.54, 1.807) is 19.2 Å². The summed E-state index contributed by atoms with van der Waals surface area (Å²) in [7, 11) is 0.935. The lowest BCUT2D eigenvalue weighted by Crippen LogP contribution is -2.29. The van der Waals surface area contributed by atoms with Gasteiger partial charge in [-0.2, -0.15) is 12.7 Å². The number of nitrogens with one attached hydrogen (secondary N) is 2. The number of benzene rings is 1. The van der Waals surface area contributed by atoms with Crippen molar-refractivity contribution in [3.63, 3.8) is 0 Å². The molecule has 0 aliphatic heterocycles. The SMILES string of the molecule is COc1ccc(CCNc2ccc(NS(=O)(=O)N(C)C)nn2)cc1. The minimum Gasteiger partial charge on any atom is -0.497 e. The molecule has 2 N–H and O–H groups in total. The van der Waals surface area contributed by atoms with Crippen molar-refractivity contribution in [1.29, 1.82) is 0 Å². The fraction of sp³-hybridized carbons (Fsp3) is 0.333. The molecule has 0 bridgehead atoms. The van der Waals surface area contributed by atoms with Crippen molar-refractivity contribution < 1.29 is 13.2 Å². The molecule has 0 amide bonds. The molecular weight excluding hydrogens is 330 g/mol. The molecule has 1 aromatic carbocycles. The van der Waals surface area contributed by atoms with Crippen molar-refractivity contribution >= 4 is 21.8 Å². The van der Waals surface area contributed by atoms with Gasteiger partial charge in [0.1, 0.15) is 11.6 Å². The summed E-state index contributed by atoms with van der Waals surface area (Å²) in [5, 5.41) is 10.9. The van der Waals surface area contributed by atoms with Gasteiger partial charge in [-0.25, -0.2) is 0 Å². The standard InChI is InChI=1S/C15H21N5O3S/c1-20(2)24(21,22)19-15-9-8-14(17-18-15)16-11-10-12-4-6-13(23-3)7-5-12/h4-9H,10-11H2,1-3H3,(H,16,17)(H,18,19). The predicted molar refractivity (Wildman–Crippen MR) is 93.4 cm³/mol. The van der Waals surface area contributed by atoms with Gasteiger partial charge in [0.05, 0.1) is 7.11 Å². The van der Waals surface area contributed by atoms with Crippen molar-refractivity contribution in [1.82, 2.24) is 14.5 Å². The van der Waals surface area contributed by atoms with Crippen LogP contribution < -0.4 is 14.8 Å². The minimum atomic E-state index is -3.57. The molecule has 1 heterocycles. The predicted octanol–water partition coefficient (Wildman–Crippen LogP) is 1.36. The molecule has 1 aromatic heterocycles. The van der Waals surface area contributed by atoms with Crippen LogP contribution in [-0.2, 0) is 16.6 Å². The van der Waals surface area contributed by atoms with Gasteiger partial charge < -0.3 is 10.1 Å². The number of anilines is 2. The molecule has 24 heavy (non-hydrogen) atoms. The third-order valence-corrected chi connectivity index (χ3v) is 4.69. The second-order valence-corrected chi connectivity index (χ2v) is 7.10. The lowest BCUT2D eigenvalue weighted by molar-refractivity contribution is 0.414. The molecule has 8 nitrogen and oxygen atoms in total. The summed E-state index contributed by atoms with van der Waals surface area (Å²) in [4.78, 5) is 0. The molecule has 0 saturated carbocycles. The van der Waals surface area contributed by atoms with Crippen molar-refractivity contribution in [2.75, 3.05) is 37.8 Å². The average Bonchev–Trinajstić information content (AvgIpc) is 2.56. The Bertz CT molecular complexity index is 746. The van der Waals surface area contributed by atoms with Crippen molar-refractivity contribution in [2.24, 2.45) is 0 Å². The molecular formula is C15H21N5O3S. The van der Waals surface area contributed by atoms with Crippen LogP contribution in [0.1, 0.15) is 5.56 Å². The molecule has 0 atom stereocenters. The number of aromatic nitrogens is 2. The van der Waals surface area contributed by atoms with E-state index in [0.717, 1.165) is 16.5 Å². The smallest absolute Gasteiger partial charge is 0.302 e. The summed E-state index contributed by atoms with van der Waals surface area (Å²) < 4.78 is 31.9. The van der Waals surface area contributed by atoms with Gasteiger partial charge in [-0.3, -0.25) is 4.72 Å². The molecule has 9 heteroatoms. The van der Waals surface area contributed by atoms with Crippen molar-refractivity contribution in [2.45, 2.75) is 6.42 Å². The highest BCUT2D eigenvalue weighted by molar-refractivity contribution is 7.90. The van der Waals surface area contributed by atoms with E-state index in [9.17, 15) is 8.42 Å². The van der Waals surface area contributed by atoms with Crippen LogP contribution in [-0.4, -0.2) is 50.7 Å². The Morgan fingerprint density at radius 3 is 2.21 bits per heavy atom. The number of hydrogen-bond donors (Lipinski definition) is 2. The highest BCUT2D eigenvalue weighted by Crippen LogP contribution is 2.12. The molecule has 130 valence electrons. The average molecular weight is 351 g/mol. The number of methoxy groups -OCH3 is 1. The van der Waals surface area contributed by atoms with E-state index in [1.807, 2.05) is 24.3 Å². The van der Waals surface area contributed by atoms with Crippen LogP contribution in [0.5, 0.6) is 5.75 Å². The lowest BCUT2D eigenvalue weighted by atomic mass is 10.1. The summed E-state index contributed by atoms with van der Waals surface area (Å²) in [6.45, 7) is 0.684. The van der Waals surface area contributed by atoms with Crippen LogP contribution >= 0.6 is 0 Å². The second kappa shape index (κ2) is 7.93. The zero-order chi connectivity index (χ0) is 17.6. The van der Waals surface area contributed by atoms with Crippen LogP contribution in [0.2, 0.25) is 0 Å². The first-order valence-electron chi connectivity index (χ1n) is 7.31. The zero-order valence-electron chi connectivity index (χ0n) is 13.9. The highest BCUT2D eigenvalue weighted by Gasteiger charge is 2.13. The van der Waals surface area contributed by atoms with Crippen LogP contribution in [0, 0.1) is 0 Å².